The minimum Gasteiger partial charge on any atom is -0.376 e. The summed E-state index contributed by atoms with van der Waals surface area (Å²) in [6, 6.07) is 0. The van der Waals surface area contributed by atoms with E-state index >= 15 is 0 Å². The maximum absolute atomic E-state index is 11.9. The molecule has 0 radical (unpaired) electrons. The van der Waals surface area contributed by atoms with Crippen molar-refractivity contribution in [3.63, 3.8) is 0 Å². The third-order valence-corrected chi connectivity index (χ3v) is 4.96. The molecule has 0 spiro atoms. The van der Waals surface area contributed by atoms with Crippen molar-refractivity contribution < 1.29 is 13.2 Å². The molecule has 18 heavy (non-hydrogen) atoms. The number of nitrogens with zero attached hydrogens (tertiary/aromatic N) is 1. The molecule has 0 atom stereocenters. The standard InChI is InChI=1S/C10H17N3O3S2/c1-7(2)6-16-5-4-12-18(14,15)9-8(3)13-10(11)17-9/h12H,1,4-6H2,2-3H3,(H2,11,13). The van der Waals surface area contributed by atoms with Crippen molar-refractivity contribution in [1.82, 2.24) is 9.71 Å². The predicted octanol–water partition coefficient (Wildman–Crippen LogP) is 0.905. The van der Waals surface area contributed by atoms with Gasteiger partial charge in [0, 0.05) is 6.54 Å². The third-order valence-electron chi connectivity index (χ3n) is 1.90. The molecule has 0 unspecified atom stereocenters. The van der Waals surface area contributed by atoms with Crippen LogP contribution in [0.3, 0.4) is 0 Å². The summed E-state index contributed by atoms with van der Waals surface area (Å²) in [4.78, 5) is 3.88. The lowest BCUT2D eigenvalue weighted by atomic mass is 10.4. The van der Waals surface area contributed by atoms with E-state index in [-0.39, 0.29) is 15.9 Å². The van der Waals surface area contributed by atoms with Crippen LogP contribution < -0.4 is 10.5 Å². The largest absolute Gasteiger partial charge is 0.376 e. The molecule has 0 saturated carbocycles. The highest BCUT2D eigenvalue weighted by atomic mass is 32.2. The molecule has 0 aliphatic rings. The molecule has 1 aromatic heterocycles. The number of nitrogens with one attached hydrogen (secondary N) is 1. The number of aryl methyl sites for hydroxylation is 1. The normalized spacial score (nSPS) is 11.7. The van der Waals surface area contributed by atoms with Gasteiger partial charge in [0.05, 0.1) is 18.9 Å². The van der Waals surface area contributed by atoms with Gasteiger partial charge in [0.1, 0.15) is 0 Å². The summed E-state index contributed by atoms with van der Waals surface area (Å²) in [5, 5.41) is 0.242. The highest BCUT2D eigenvalue weighted by Crippen LogP contribution is 2.24. The van der Waals surface area contributed by atoms with Crippen LogP contribution in [0.1, 0.15) is 12.6 Å². The van der Waals surface area contributed by atoms with Gasteiger partial charge in [0.25, 0.3) is 10.0 Å². The fourth-order valence-electron chi connectivity index (χ4n) is 1.21. The van der Waals surface area contributed by atoms with E-state index in [4.69, 9.17) is 10.5 Å². The quantitative estimate of drug-likeness (QED) is 0.575. The molecule has 0 saturated heterocycles. The Bertz CT molecular complexity index is 522. The first-order valence-electron chi connectivity index (χ1n) is 5.27. The van der Waals surface area contributed by atoms with Gasteiger partial charge in [0.2, 0.25) is 0 Å². The zero-order valence-electron chi connectivity index (χ0n) is 10.4. The fourth-order valence-corrected chi connectivity index (χ4v) is 3.57. The van der Waals surface area contributed by atoms with Crippen molar-refractivity contribution in [1.29, 1.82) is 0 Å². The Morgan fingerprint density at radius 2 is 2.28 bits per heavy atom. The van der Waals surface area contributed by atoms with E-state index in [1.807, 2.05) is 6.92 Å². The summed E-state index contributed by atoms with van der Waals surface area (Å²) >= 11 is 0.951. The van der Waals surface area contributed by atoms with Crippen LogP contribution in [0.15, 0.2) is 16.4 Å². The number of aromatic nitrogens is 1. The highest BCUT2D eigenvalue weighted by Gasteiger charge is 2.20. The average Bonchev–Trinajstić information content (AvgIpc) is 2.57. The number of nitrogen functional groups attached to an aromatic ring is 1. The molecule has 102 valence electrons. The Labute approximate surface area is 111 Å². The lowest BCUT2D eigenvalue weighted by Gasteiger charge is -2.06. The van der Waals surface area contributed by atoms with Crippen molar-refractivity contribution in [2.24, 2.45) is 0 Å². The van der Waals surface area contributed by atoms with E-state index in [1.165, 1.54) is 0 Å². The van der Waals surface area contributed by atoms with Gasteiger partial charge in [-0.15, -0.1) is 0 Å². The summed E-state index contributed by atoms with van der Waals surface area (Å²) in [5.41, 5.74) is 6.77. The van der Waals surface area contributed by atoms with Gasteiger partial charge in [0.15, 0.2) is 9.34 Å². The molecule has 8 heteroatoms. The topological polar surface area (TPSA) is 94.3 Å². The lowest BCUT2D eigenvalue weighted by Crippen LogP contribution is -2.27. The number of thiazole rings is 1. The van der Waals surface area contributed by atoms with Crippen molar-refractivity contribution >= 4 is 26.5 Å². The maximum atomic E-state index is 11.9. The van der Waals surface area contributed by atoms with E-state index in [9.17, 15) is 8.42 Å². The van der Waals surface area contributed by atoms with Gasteiger partial charge < -0.3 is 10.5 Å². The van der Waals surface area contributed by atoms with Gasteiger partial charge >= 0.3 is 0 Å². The summed E-state index contributed by atoms with van der Waals surface area (Å²) in [7, 11) is -3.55. The van der Waals surface area contributed by atoms with E-state index < -0.39 is 10.0 Å². The molecule has 0 aromatic carbocycles. The van der Waals surface area contributed by atoms with E-state index in [0.717, 1.165) is 16.9 Å². The Balaban J connectivity index is 2.51. The second kappa shape index (κ2) is 6.28. The van der Waals surface area contributed by atoms with Crippen LogP contribution in [-0.4, -0.2) is 33.2 Å². The number of hydrogen-bond donors (Lipinski definition) is 2. The van der Waals surface area contributed by atoms with Crippen LogP contribution >= 0.6 is 11.3 Å². The number of rotatable bonds is 7. The second-order valence-corrected chi connectivity index (χ2v) is 6.83. The summed E-state index contributed by atoms with van der Waals surface area (Å²) in [5.74, 6) is 0. The molecule has 6 nitrogen and oxygen atoms in total. The van der Waals surface area contributed by atoms with E-state index in [1.54, 1.807) is 6.92 Å². The number of hydrogen-bond acceptors (Lipinski definition) is 6. The number of sulfonamides is 1. The van der Waals surface area contributed by atoms with Crippen LogP contribution in [-0.2, 0) is 14.8 Å². The van der Waals surface area contributed by atoms with Gasteiger partial charge in [-0.3, -0.25) is 0 Å². The SMILES string of the molecule is C=C(C)COCCNS(=O)(=O)c1sc(N)nc1C. The molecule has 0 amide bonds. The number of nitrogens with two attached hydrogens (primary N) is 1. The molecule has 1 aromatic rings. The molecule has 0 fully saturated rings. The first kappa shape index (κ1) is 15.1. The smallest absolute Gasteiger partial charge is 0.252 e. The number of anilines is 1. The first-order chi connectivity index (χ1) is 8.33. The molecular weight excluding hydrogens is 274 g/mol. The molecule has 0 aliphatic heterocycles. The Morgan fingerprint density at radius 3 is 2.78 bits per heavy atom. The summed E-state index contributed by atoms with van der Waals surface area (Å²) in [6.07, 6.45) is 0. The van der Waals surface area contributed by atoms with Crippen molar-refractivity contribution in [2.45, 2.75) is 18.1 Å². The van der Waals surface area contributed by atoms with E-state index in [2.05, 4.69) is 16.3 Å². The van der Waals surface area contributed by atoms with Gasteiger partial charge in [-0.25, -0.2) is 18.1 Å². The molecule has 0 aliphatic carbocycles. The Kier molecular flexibility index (Phi) is 5.27. The first-order valence-corrected chi connectivity index (χ1v) is 7.57. The highest BCUT2D eigenvalue weighted by molar-refractivity contribution is 7.91. The zero-order valence-corrected chi connectivity index (χ0v) is 12.0. The van der Waals surface area contributed by atoms with Crippen LogP contribution in [0.4, 0.5) is 5.13 Å². The van der Waals surface area contributed by atoms with Crippen LogP contribution in [0.5, 0.6) is 0 Å². The van der Waals surface area contributed by atoms with Gasteiger partial charge in [-0.1, -0.05) is 23.5 Å². The molecule has 1 rings (SSSR count). The van der Waals surface area contributed by atoms with Crippen molar-refractivity contribution in [3.05, 3.63) is 17.8 Å². The average molecular weight is 291 g/mol. The van der Waals surface area contributed by atoms with Crippen LogP contribution in [0, 0.1) is 6.92 Å². The molecular formula is C10H17N3O3S2. The lowest BCUT2D eigenvalue weighted by molar-refractivity contribution is 0.162. The van der Waals surface area contributed by atoms with Crippen molar-refractivity contribution in [3.8, 4) is 0 Å². The monoisotopic (exact) mass is 291 g/mol. The van der Waals surface area contributed by atoms with E-state index in [0.29, 0.717) is 18.9 Å². The fraction of sp³-hybridized carbons (Fsp3) is 0.500. The predicted molar refractivity (Wildman–Crippen MR) is 72.1 cm³/mol. The molecule has 0 bridgehead atoms. The minimum absolute atomic E-state index is 0.153. The summed E-state index contributed by atoms with van der Waals surface area (Å²) in [6.45, 7) is 8.05. The Hall–Kier alpha value is -0.960. The Morgan fingerprint density at radius 1 is 1.61 bits per heavy atom. The minimum atomic E-state index is -3.55. The van der Waals surface area contributed by atoms with Crippen LogP contribution in [0.2, 0.25) is 0 Å². The number of ether oxygens (including phenoxy) is 1. The van der Waals surface area contributed by atoms with Gasteiger partial charge in [-0.2, -0.15) is 0 Å². The van der Waals surface area contributed by atoms with Crippen LogP contribution in [0.25, 0.3) is 0 Å². The third kappa shape index (κ3) is 4.37. The van der Waals surface area contributed by atoms with Crippen molar-refractivity contribution in [2.75, 3.05) is 25.5 Å². The zero-order chi connectivity index (χ0) is 13.8. The second-order valence-electron chi connectivity index (χ2n) is 3.83. The molecule has 1 heterocycles. The molecule has 3 N–H and O–H groups in total. The summed E-state index contributed by atoms with van der Waals surface area (Å²) < 4.78 is 31.6. The van der Waals surface area contributed by atoms with Gasteiger partial charge in [-0.05, 0) is 13.8 Å². The maximum Gasteiger partial charge on any atom is 0.252 e.